The zero-order valence-corrected chi connectivity index (χ0v) is 8.92. The first-order chi connectivity index (χ1) is 7.09. The van der Waals surface area contributed by atoms with Crippen molar-refractivity contribution in [1.29, 1.82) is 0 Å². The number of nitro groups is 1. The number of halogens is 1. The van der Waals surface area contributed by atoms with Gasteiger partial charge in [0.25, 0.3) is 5.69 Å². The van der Waals surface area contributed by atoms with Crippen LogP contribution in [0.1, 0.15) is 5.56 Å². The summed E-state index contributed by atoms with van der Waals surface area (Å²) < 4.78 is 0. The molecule has 4 N–H and O–H groups in total. The fraction of sp³-hybridized carbons (Fsp3) is 0. The average molecular weight is 244 g/mol. The van der Waals surface area contributed by atoms with Gasteiger partial charge in [0.2, 0.25) is 5.96 Å². The molecular formula is C8H10ClN5O2. The van der Waals surface area contributed by atoms with Gasteiger partial charge in [-0.25, -0.2) is 0 Å². The summed E-state index contributed by atoms with van der Waals surface area (Å²) in [6.07, 6.45) is 1.39. The Kier molecular flexibility index (Phi) is 5.50. The third kappa shape index (κ3) is 4.38. The normalized spacial score (nSPS) is 9.50. The first kappa shape index (κ1) is 13.8. The second kappa shape index (κ2) is 6.36. The number of guanidine groups is 1. The van der Waals surface area contributed by atoms with Crippen molar-refractivity contribution in [3.05, 3.63) is 39.9 Å². The molecule has 0 aliphatic carbocycles. The van der Waals surface area contributed by atoms with Gasteiger partial charge in [0.15, 0.2) is 0 Å². The average Bonchev–Trinajstić information content (AvgIpc) is 2.18. The molecule has 7 nitrogen and oxygen atoms in total. The van der Waals surface area contributed by atoms with Crippen molar-refractivity contribution in [1.82, 2.24) is 0 Å². The molecule has 1 aromatic rings. The summed E-state index contributed by atoms with van der Waals surface area (Å²) >= 11 is 0. The molecule has 0 spiro atoms. The zero-order chi connectivity index (χ0) is 11.3. The Morgan fingerprint density at radius 2 is 1.88 bits per heavy atom. The van der Waals surface area contributed by atoms with E-state index in [4.69, 9.17) is 11.5 Å². The highest BCUT2D eigenvalue weighted by Crippen LogP contribution is 2.10. The fourth-order valence-corrected chi connectivity index (χ4v) is 0.844. The lowest BCUT2D eigenvalue weighted by atomic mass is 10.2. The first-order valence-corrected chi connectivity index (χ1v) is 3.96. The molecule has 1 aromatic carbocycles. The number of non-ortho nitro benzene ring substituents is 1. The van der Waals surface area contributed by atoms with Gasteiger partial charge in [0.05, 0.1) is 11.1 Å². The summed E-state index contributed by atoms with van der Waals surface area (Å²) in [6, 6.07) is 5.83. The maximum atomic E-state index is 10.3. The van der Waals surface area contributed by atoms with Gasteiger partial charge in [-0.1, -0.05) is 0 Å². The lowest BCUT2D eigenvalue weighted by Gasteiger charge is -1.91. The monoisotopic (exact) mass is 243 g/mol. The van der Waals surface area contributed by atoms with E-state index in [2.05, 4.69) is 10.2 Å². The minimum Gasteiger partial charge on any atom is -0.369 e. The van der Waals surface area contributed by atoms with Crippen LogP contribution in [0.4, 0.5) is 5.69 Å². The molecule has 0 amide bonds. The molecule has 8 heteroatoms. The molecule has 0 aromatic heterocycles. The number of benzene rings is 1. The van der Waals surface area contributed by atoms with Crippen LogP contribution in [0.15, 0.2) is 34.5 Å². The van der Waals surface area contributed by atoms with E-state index >= 15 is 0 Å². The molecule has 0 radical (unpaired) electrons. The maximum Gasteiger partial charge on any atom is 0.269 e. The van der Waals surface area contributed by atoms with Crippen LogP contribution >= 0.6 is 12.4 Å². The summed E-state index contributed by atoms with van der Waals surface area (Å²) in [5.41, 5.74) is 10.8. The van der Waals surface area contributed by atoms with Gasteiger partial charge in [-0.05, 0) is 17.7 Å². The van der Waals surface area contributed by atoms with Gasteiger partial charge in [-0.3, -0.25) is 10.1 Å². The van der Waals surface area contributed by atoms with E-state index in [9.17, 15) is 10.1 Å². The fourth-order valence-electron chi connectivity index (χ4n) is 0.844. The minimum atomic E-state index is -0.475. The summed E-state index contributed by atoms with van der Waals surface area (Å²) in [4.78, 5) is 9.86. The minimum absolute atomic E-state index is 0. The molecule has 0 unspecified atom stereocenters. The van der Waals surface area contributed by atoms with Crippen LogP contribution in [-0.2, 0) is 0 Å². The molecule has 0 fully saturated rings. The molecule has 0 aliphatic rings. The Bertz CT molecular complexity index is 411. The van der Waals surface area contributed by atoms with E-state index in [1.165, 1.54) is 18.3 Å². The maximum absolute atomic E-state index is 10.3. The van der Waals surface area contributed by atoms with E-state index in [1.807, 2.05) is 0 Å². The van der Waals surface area contributed by atoms with Gasteiger partial charge in [-0.15, -0.1) is 17.5 Å². The van der Waals surface area contributed by atoms with E-state index in [1.54, 1.807) is 12.1 Å². The molecule has 0 saturated carbocycles. The Balaban J connectivity index is 0.00000225. The Labute approximate surface area is 97.4 Å². The van der Waals surface area contributed by atoms with Crippen LogP contribution in [0.25, 0.3) is 0 Å². The Morgan fingerprint density at radius 3 is 2.31 bits per heavy atom. The van der Waals surface area contributed by atoms with Crippen LogP contribution < -0.4 is 11.5 Å². The van der Waals surface area contributed by atoms with Crippen molar-refractivity contribution >= 4 is 30.3 Å². The predicted octanol–water partition coefficient (Wildman–Crippen LogP) is 0.624. The molecule has 1 rings (SSSR count). The zero-order valence-electron chi connectivity index (χ0n) is 8.11. The number of hydrogen-bond acceptors (Lipinski definition) is 4. The number of rotatable bonds is 3. The lowest BCUT2D eigenvalue weighted by Crippen LogP contribution is -2.21. The van der Waals surface area contributed by atoms with Crippen LogP contribution in [0.3, 0.4) is 0 Å². The third-order valence-corrected chi connectivity index (χ3v) is 1.48. The molecular weight excluding hydrogens is 234 g/mol. The van der Waals surface area contributed by atoms with Gasteiger partial charge >= 0.3 is 0 Å². The number of hydrogen-bond donors (Lipinski definition) is 2. The number of nitro benzene ring substituents is 1. The summed E-state index contributed by atoms with van der Waals surface area (Å²) in [7, 11) is 0. The summed E-state index contributed by atoms with van der Waals surface area (Å²) in [5.74, 6) is -0.145. The second-order valence-electron chi connectivity index (χ2n) is 2.62. The van der Waals surface area contributed by atoms with Crippen LogP contribution in [0, 0.1) is 10.1 Å². The van der Waals surface area contributed by atoms with E-state index in [-0.39, 0.29) is 24.1 Å². The number of nitrogens with two attached hydrogens (primary N) is 2. The highest BCUT2D eigenvalue weighted by molar-refractivity contribution is 5.85. The summed E-state index contributed by atoms with van der Waals surface area (Å²) in [6.45, 7) is 0. The van der Waals surface area contributed by atoms with Crippen molar-refractivity contribution in [2.75, 3.05) is 0 Å². The predicted molar refractivity (Wildman–Crippen MR) is 63.7 cm³/mol. The van der Waals surface area contributed by atoms with Gasteiger partial charge < -0.3 is 11.5 Å². The second-order valence-corrected chi connectivity index (χ2v) is 2.62. The van der Waals surface area contributed by atoms with Crippen LogP contribution in [0.2, 0.25) is 0 Å². The Hall–Kier alpha value is -2.15. The number of nitrogens with zero attached hydrogens (tertiary/aromatic N) is 3. The van der Waals surface area contributed by atoms with Crippen molar-refractivity contribution < 1.29 is 4.92 Å². The third-order valence-electron chi connectivity index (χ3n) is 1.48. The molecule has 0 heterocycles. The lowest BCUT2D eigenvalue weighted by molar-refractivity contribution is -0.384. The molecule has 16 heavy (non-hydrogen) atoms. The highest BCUT2D eigenvalue weighted by atomic mass is 35.5. The molecule has 0 atom stereocenters. The van der Waals surface area contributed by atoms with Crippen LogP contribution in [-0.4, -0.2) is 17.1 Å². The van der Waals surface area contributed by atoms with Gasteiger partial charge in [0, 0.05) is 12.1 Å². The topological polar surface area (TPSA) is 120 Å². The first-order valence-electron chi connectivity index (χ1n) is 3.96. The molecule has 0 aliphatic heterocycles. The van der Waals surface area contributed by atoms with E-state index in [0.717, 1.165) is 0 Å². The van der Waals surface area contributed by atoms with Gasteiger partial charge in [0.1, 0.15) is 0 Å². The van der Waals surface area contributed by atoms with Crippen molar-refractivity contribution in [2.24, 2.45) is 21.7 Å². The van der Waals surface area contributed by atoms with Gasteiger partial charge in [-0.2, -0.15) is 5.10 Å². The quantitative estimate of drug-likeness (QED) is 0.350. The van der Waals surface area contributed by atoms with Crippen LogP contribution in [0.5, 0.6) is 0 Å². The highest BCUT2D eigenvalue weighted by Gasteiger charge is 2.02. The largest absolute Gasteiger partial charge is 0.369 e. The standard InChI is InChI=1S/C8H9N5O2.ClH/c9-8(10)12-11-5-6-1-3-7(4-2-6)13(14)15;/h1-5H,(H4,9,10,12);1H/b11-5+;. The molecule has 86 valence electrons. The van der Waals surface area contributed by atoms with Crippen molar-refractivity contribution in [3.8, 4) is 0 Å². The van der Waals surface area contributed by atoms with E-state index < -0.39 is 4.92 Å². The smallest absolute Gasteiger partial charge is 0.269 e. The molecule has 0 saturated heterocycles. The van der Waals surface area contributed by atoms with E-state index in [0.29, 0.717) is 5.56 Å². The van der Waals surface area contributed by atoms with Crippen molar-refractivity contribution in [3.63, 3.8) is 0 Å². The summed E-state index contributed by atoms with van der Waals surface area (Å²) in [5, 5.41) is 17.3. The SMILES string of the molecule is Cl.NC(N)=N/N=C/c1ccc([N+](=O)[O-])cc1. The molecule has 0 bridgehead atoms. The van der Waals surface area contributed by atoms with Crippen molar-refractivity contribution in [2.45, 2.75) is 0 Å². The Morgan fingerprint density at radius 1 is 1.31 bits per heavy atom.